The molecule has 1 saturated carbocycles. The van der Waals surface area contributed by atoms with E-state index in [4.69, 9.17) is 17.0 Å². The Labute approximate surface area is 129 Å². The zero-order valence-electron chi connectivity index (χ0n) is 12.1. The molecule has 1 aliphatic heterocycles. The quantitative estimate of drug-likeness (QED) is 0.686. The van der Waals surface area contributed by atoms with Gasteiger partial charge in [0.1, 0.15) is 0 Å². The Morgan fingerprint density at radius 2 is 2.00 bits per heavy atom. The van der Waals surface area contributed by atoms with Crippen LogP contribution in [0.2, 0.25) is 0 Å². The Balaban J connectivity index is 2.07. The molecule has 1 N–H and O–H groups in total. The van der Waals surface area contributed by atoms with Crippen LogP contribution in [0.15, 0.2) is 41.6 Å². The SMILES string of the molecule is COC(=O)C1=C(C)N(C2CC2)C(=S)N[C@@H]1c1ccccc1. The number of thiocarbonyl (C=S) groups is 1. The third-order valence-corrected chi connectivity index (χ3v) is 4.29. The van der Waals surface area contributed by atoms with Crippen LogP contribution in [0.5, 0.6) is 0 Å². The molecule has 0 aromatic heterocycles. The van der Waals surface area contributed by atoms with E-state index in [1.165, 1.54) is 7.11 Å². The predicted octanol–water partition coefficient (Wildman–Crippen LogP) is 2.53. The van der Waals surface area contributed by atoms with Crippen LogP contribution in [0, 0.1) is 0 Å². The van der Waals surface area contributed by atoms with Gasteiger partial charge in [-0.2, -0.15) is 0 Å². The zero-order chi connectivity index (χ0) is 15.0. The topological polar surface area (TPSA) is 41.6 Å². The number of nitrogens with zero attached hydrogens (tertiary/aromatic N) is 1. The van der Waals surface area contributed by atoms with E-state index in [0.29, 0.717) is 16.7 Å². The van der Waals surface area contributed by atoms with Gasteiger partial charge in [0.15, 0.2) is 5.11 Å². The molecule has 2 aliphatic rings. The van der Waals surface area contributed by atoms with Crippen molar-refractivity contribution in [2.45, 2.75) is 31.8 Å². The Morgan fingerprint density at radius 1 is 1.33 bits per heavy atom. The van der Waals surface area contributed by atoms with Crippen LogP contribution < -0.4 is 5.32 Å². The summed E-state index contributed by atoms with van der Waals surface area (Å²) < 4.78 is 4.99. The van der Waals surface area contributed by atoms with Crippen LogP contribution in [0.1, 0.15) is 31.4 Å². The standard InChI is InChI=1S/C16H18N2O2S/c1-10-13(15(19)20-2)14(11-6-4-3-5-7-11)17-16(21)18(10)12-8-9-12/h3-7,12,14H,8-9H2,1-2H3,(H,17,21)/t14-/m1/s1. The van der Waals surface area contributed by atoms with Gasteiger partial charge in [-0.1, -0.05) is 30.3 Å². The van der Waals surface area contributed by atoms with Crippen molar-refractivity contribution >= 4 is 23.3 Å². The second kappa shape index (κ2) is 5.48. The van der Waals surface area contributed by atoms with Crippen LogP contribution in [0.25, 0.3) is 0 Å². The summed E-state index contributed by atoms with van der Waals surface area (Å²) in [4.78, 5) is 14.3. The first-order valence-corrected chi connectivity index (χ1v) is 7.48. The molecule has 5 heteroatoms. The summed E-state index contributed by atoms with van der Waals surface area (Å²) in [6.07, 6.45) is 2.23. The number of nitrogens with one attached hydrogen (secondary N) is 1. The largest absolute Gasteiger partial charge is 0.466 e. The van der Waals surface area contributed by atoms with Crippen LogP contribution in [-0.2, 0) is 9.53 Å². The van der Waals surface area contributed by atoms with E-state index in [9.17, 15) is 4.79 Å². The van der Waals surface area contributed by atoms with Gasteiger partial charge < -0.3 is 15.0 Å². The van der Waals surface area contributed by atoms with Gasteiger partial charge in [0.25, 0.3) is 0 Å². The van der Waals surface area contributed by atoms with Crippen molar-refractivity contribution in [2.24, 2.45) is 0 Å². The molecule has 0 unspecified atom stereocenters. The summed E-state index contributed by atoms with van der Waals surface area (Å²) in [6, 6.07) is 10.0. The van der Waals surface area contributed by atoms with E-state index in [1.54, 1.807) is 0 Å². The lowest BCUT2D eigenvalue weighted by Crippen LogP contribution is -2.48. The van der Waals surface area contributed by atoms with E-state index < -0.39 is 0 Å². The minimum atomic E-state index is -0.304. The molecular weight excluding hydrogens is 284 g/mol. The zero-order valence-corrected chi connectivity index (χ0v) is 12.9. The van der Waals surface area contributed by atoms with Crippen LogP contribution >= 0.6 is 12.2 Å². The van der Waals surface area contributed by atoms with E-state index >= 15 is 0 Å². The molecule has 1 aliphatic carbocycles. The van der Waals surface area contributed by atoms with Crippen LogP contribution in [0.3, 0.4) is 0 Å². The third-order valence-electron chi connectivity index (χ3n) is 3.98. The van der Waals surface area contributed by atoms with Crippen LogP contribution in [0.4, 0.5) is 0 Å². The lowest BCUT2D eigenvalue weighted by molar-refractivity contribution is -0.136. The molecule has 110 valence electrons. The summed E-state index contributed by atoms with van der Waals surface area (Å²) in [6.45, 7) is 1.95. The summed E-state index contributed by atoms with van der Waals surface area (Å²) in [5, 5.41) is 3.99. The average molecular weight is 302 g/mol. The minimum absolute atomic E-state index is 0.249. The number of hydrogen-bond acceptors (Lipinski definition) is 3. The molecule has 4 nitrogen and oxygen atoms in total. The first kappa shape index (κ1) is 14.1. The maximum Gasteiger partial charge on any atom is 0.337 e. The Hall–Kier alpha value is -1.88. The predicted molar refractivity (Wildman–Crippen MR) is 84.5 cm³/mol. The molecule has 0 bridgehead atoms. The highest BCUT2D eigenvalue weighted by Crippen LogP contribution is 2.37. The molecule has 3 rings (SSSR count). The molecule has 1 aromatic rings. The van der Waals surface area contributed by atoms with Gasteiger partial charge in [0.05, 0.1) is 18.7 Å². The van der Waals surface area contributed by atoms with Crippen molar-refractivity contribution in [2.75, 3.05) is 7.11 Å². The molecule has 1 atom stereocenters. The summed E-state index contributed by atoms with van der Waals surface area (Å²) in [5.41, 5.74) is 2.56. The highest BCUT2D eigenvalue weighted by molar-refractivity contribution is 7.80. The number of ether oxygens (including phenoxy) is 1. The molecule has 0 spiro atoms. The Morgan fingerprint density at radius 3 is 2.57 bits per heavy atom. The molecule has 1 heterocycles. The van der Waals surface area contributed by atoms with Gasteiger partial charge in [-0.15, -0.1) is 0 Å². The molecule has 0 saturated heterocycles. The monoisotopic (exact) mass is 302 g/mol. The number of esters is 1. The molecule has 1 fully saturated rings. The van der Waals surface area contributed by atoms with Gasteiger partial charge >= 0.3 is 5.97 Å². The van der Waals surface area contributed by atoms with Crippen LogP contribution in [-0.4, -0.2) is 29.1 Å². The number of rotatable bonds is 3. The Bertz CT molecular complexity index is 608. The number of benzene rings is 1. The van der Waals surface area contributed by atoms with Crippen molar-refractivity contribution in [3.8, 4) is 0 Å². The van der Waals surface area contributed by atoms with Crippen molar-refractivity contribution in [1.29, 1.82) is 0 Å². The number of allylic oxidation sites excluding steroid dienone is 1. The lowest BCUT2D eigenvalue weighted by Gasteiger charge is -2.37. The van der Waals surface area contributed by atoms with Gasteiger partial charge in [-0.25, -0.2) is 4.79 Å². The molecule has 0 radical (unpaired) electrons. The summed E-state index contributed by atoms with van der Waals surface area (Å²) in [5.74, 6) is -0.304. The van der Waals surface area contributed by atoms with Crippen molar-refractivity contribution < 1.29 is 9.53 Å². The van der Waals surface area contributed by atoms with E-state index in [2.05, 4.69) is 10.2 Å². The normalized spacial score (nSPS) is 22.1. The van der Waals surface area contributed by atoms with Crippen molar-refractivity contribution in [3.63, 3.8) is 0 Å². The maximum absolute atomic E-state index is 12.3. The number of hydrogen-bond donors (Lipinski definition) is 1. The van der Waals surface area contributed by atoms with Gasteiger partial charge in [-0.3, -0.25) is 0 Å². The fourth-order valence-electron chi connectivity index (χ4n) is 2.80. The number of carbonyl (C=O) groups excluding carboxylic acids is 1. The highest BCUT2D eigenvalue weighted by atomic mass is 32.1. The second-order valence-electron chi connectivity index (χ2n) is 5.39. The van der Waals surface area contributed by atoms with Gasteiger partial charge in [0, 0.05) is 11.7 Å². The minimum Gasteiger partial charge on any atom is -0.466 e. The summed E-state index contributed by atoms with van der Waals surface area (Å²) in [7, 11) is 1.42. The van der Waals surface area contributed by atoms with Gasteiger partial charge in [-0.05, 0) is 37.5 Å². The average Bonchev–Trinajstić information content (AvgIpc) is 3.31. The fraction of sp³-hybridized carbons (Fsp3) is 0.375. The molecule has 21 heavy (non-hydrogen) atoms. The Kier molecular flexibility index (Phi) is 3.68. The fourth-order valence-corrected chi connectivity index (χ4v) is 3.20. The first-order chi connectivity index (χ1) is 10.1. The highest BCUT2D eigenvalue weighted by Gasteiger charge is 2.40. The van der Waals surface area contributed by atoms with Crippen molar-refractivity contribution in [1.82, 2.24) is 10.2 Å². The maximum atomic E-state index is 12.3. The number of methoxy groups -OCH3 is 1. The van der Waals surface area contributed by atoms with Gasteiger partial charge in [0.2, 0.25) is 0 Å². The smallest absolute Gasteiger partial charge is 0.337 e. The molecule has 1 aromatic carbocycles. The molecular formula is C16H18N2O2S. The van der Waals surface area contributed by atoms with E-state index in [0.717, 1.165) is 24.1 Å². The van der Waals surface area contributed by atoms with E-state index in [-0.39, 0.29) is 12.0 Å². The number of carbonyl (C=O) groups is 1. The second-order valence-corrected chi connectivity index (χ2v) is 5.77. The van der Waals surface area contributed by atoms with E-state index in [1.807, 2.05) is 37.3 Å². The third kappa shape index (κ3) is 2.53. The molecule has 0 amide bonds. The first-order valence-electron chi connectivity index (χ1n) is 7.07. The summed E-state index contributed by atoms with van der Waals surface area (Å²) >= 11 is 5.50. The lowest BCUT2D eigenvalue weighted by atomic mass is 9.95. The van der Waals surface area contributed by atoms with Crippen molar-refractivity contribution in [3.05, 3.63) is 47.2 Å².